The molecule has 1 N–H and O–H groups in total. The first-order valence-corrected chi connectivity index (χ1v) is 5.33. The summed E-state index contributed by atoms with van der Waals surface area (Å²) in [6.07, 6.45) is -3.21. The molecule has 5 nitrogen and oxygen atoms in total. The van der Waals surface area contributed by atoms with E-state index in [1.165, 1.54) is 31.5 Å². The molecule has 1 aromatic rings. The van der Waals surface area contributed by atoms with Gasteiger partial charge in [0.15, 0.2) is 0 Å². The summed E-state index contributed by atoms with van der Waals surface area (Å²) < 4.78 is 38.7. The van der Waals surface area contributed by atoms with Crippen molar-refractivity contribution < 1.29 is 23.1 Å². The van der Waals surface area contributed by atoms with E-state index in [1.54, 1.807) is 0 Å². The van der Waals surface area contributed by atoms with E-state index in [0.717, 1.165) is 0 Å². The van der Waals surface area contributed by atoms with Crippen molar-refractivity contribution in [2.75, 3.05) is 0 Å². The fraction of sp³-hybridized carbons (Fsp3) is 0.364. The fourth-order valence-electron chi connectivity index (χ4n) is 1.77. The number of pyridine rings is 1. The maximum atomic E-state index is 12.9. The summed E-state index contributed by atoms with van der Waals surface area (Å²) in [6.45, 7) is 1.32. The summed E-state index contributed by atoms with van der Waals surface area (Å²) in [7, 11) is 0. The Balaban J connectivity index is 2.40. The Bertz CT molecular complexity index is 530. The number of hydrazone groups is 1. The number of carbonyl (C=O) groups is 1. The highest BCUT2D eigenvalue weighted by atomic mass is 19.4. The van der Waals surface area contributed by atoms with Gasteiger partial charge in [-0.1, -0.05) is 0 Å². The molecule has 0 aliphatic carbocycles. The van der Waals surface area contributed by atoms with Crippen molar-refractivity contribution in [3.63, 3.8) is 0 Å². The number of halogens is 3. The number of rotatable bonds is 1. The average molecular weight is 273 g/mol. The molecule has 1 aliphatic rings. The van der Waals surface area contributed by atoms with Gasteiger partial charge >= 0.3 is 6.18 Å². The number of carbonyl (C=O) groups excluding carboxylic acids is 1. The summed E-state index contributed by atoms with van der Waals surface area (Å²) in [5.41, 5.74) is -3.30. The minimum atomic E-state index is -4.99. The van der Waals surface area contributed by atoms with Crippen LogP contribution in [0.4, 0.5) is 13.2 Å². The number of hydrogen-bond donors (Lipinski definition) is 1. The third-order valence-corrected chi connectivity index (χ3v) is 2.70. The van der Waals surface area contributed by atoms with Gasteiger partial charge in [0.2, 0.25) is 0 Å². The molecular weight excluding hydrogens is 263 g/mol. The molecule has 0 fully saturated rings. The Morgan fingerprint density at radius 1 is 1.42 bits per heavy atom. The second kappa shape index (κ2) is 4.30. The van der Waals surface area contributed by atoms with Crippen LogP contribution in [-0.2, 0) is 0 Å². The number of aromatic nitrogens is 1. The lowest BCUT2D eigenvalue weighted by molar-refractivity contribution is -0.297. The number of amides is 1. The minimum Gasteiger partial charge on any atom is -0.362 e. The van der Waals surface area contributed by atoms with Crippen LogP contribution >= 0.6 is 0 Å². The zero-order valence-electron chi connectivity index (χ0n) is 9.85. The van der Waals surface area contributed by atoms with Crippen LogP contribution < -0.4 is 0 Å². The van der Waals surface area contributed by atoms with E-state index in [1.807, 2.05) is 0 Å². The van der Waals surface area contributed by atoms with Gasteiger partial charge in [-0.3, -0.25) is 9.78 Å². The number of alkyl halides is 3. The summed E-state index contributed by atoms with van der Waals surface area (Å²) in [5, 5.41) is 13.3. The molecule has 0 aromatic carbocycles. The van der Waals surface area contributed by atoms with E-state index >= 15 is 0 Å². The molecule has 0 spiro atoms. The average Bonchev–Trinajstić information content (AvgIpc) is 2.65. The van der Waals surface area contributed by atoms with Gasteiger partial charge in [-0.25, -0.2) is 0 Å². The molecule has 0 saturated heterocycles. The molecule has 1 aromatic heterocycles. The SMILES string of the molecule is CC1=NN(C(=O)c2ccncc2)[C@@](O)(C(F)(F)F)C1. The van der Waals surface area contributed by atoms with Crippen molar-refractivity contribution in [3.05, 3.63) is 30.1 Å². The predicted octanol–water partition coefficient (Wildman–Crippen LogP) is 1.55. The summed E-state index contributed by atoms with van der Waals surface area (Å²) in [4.78, 5) is 15.6. The summed E-state index contributed by atoms with van der Waals surface area (Å²) >= 11 is 0. The molecule has 1 atom stereocenters. The zero-order chi connectivity index (χ0) is 14.3. The molecule has 2 heterocycles. The highest BCUT2D eigenvalue weighted by Crippen LogP contribution is 2.40. The molecule has 0 bridgehead atoms. The normalized spacial score (nSPS) is 23.4. The monoisotopic (exact) mass is 273 g/mol. The van der Waals surface area contributed by atoms with Crippen molar-refractivity contribution >= 4 is 11.6 Å². The largest absolute Gasteiger partial charge is 0.438 e. The van der Waals surface area contributed by atoms with Gasteiger partial charge in [-0.05, 0) is 19.1 Å². The van der Waals surface area contributed by atoms with Crippen LogP contribution in [0.15, 0.2) is 29.6 Å². The second-order valence-electron chi connectivity index (χ2n) is 4.18. The van der Waals surface area contributed by atoms with E-state index in [0.29, 0.717) is 0 Å². The molecule has 0 radical (unpaired) electrons. The second-order valence-corrected chi connectivity index (χ2v) is 4.18. The Morgan fingerprint density at radius 3 is 2.53 bits per heavy atom. The minimum absolute atomic E-state index is 0.0298. The molecule has 1 aliphatic heterocycles. The first-order valence-electron chi connectivity index (χ1n) is 5.33. The lowest BCUT2D eigenvalue weighted by Crippen LogP contribution is -2.56. The topological polar surface area (TPSA) is 65.8 Å². The van der Waals surface area contributed by atoms with Gasteiger partial charge in [-0.2, -0.15) is 23.3 Å². The molecule has 19 heavy (non-hydrogen) atoms. The maximum Gasteiger partial charge on any atom is 0.438 e. The van der Waals surface area contributed by atoms with Crippen LogP contribution in [0, 0.1) is 0 Å². The van der Waals surface area contributed by atoms with Crippen molar-refractivity contribution in [3.8, 4) is 0 Å². The van der Waals surface area contributed by atoms with Crippen LogP contribution in [0.5, 0.6) is 0 Å². The summed E-state index contributed by atoms with van der Waals surface area (Å²) in [5.74, 6) is -1.03. The van der Waals surface area contributed by atoms with E-state index in [9.17, 15) is 23.1 Å². The van der Waals surface area contributed by atoms with Gasteiger partial charge in [0.25, 0.3) is 11.6 Å². The van der Waals surface area contributed by atoms with E-state index in [4.69, 9.17) is 0 Å². The van der Waals surface area contributed by atoms with Gasteiger partial charge in [-0.15, -0.1) is 0 Å². The van der Waals surface area contributed by atoms with E-state index in [-0.39, 0.29) is 16.3 Å². The van der Waals surface area contributed by atoms with Gasteiger partial charge in [0.05, 0.1) is 0 Å². The van der Waals surface area contributed by atoms with E-state index < -0.39 is 24.2 Å². The number of aliphatic hydroxyl groups is 1. The molecular formula is C11H10F3N3O2. The lowest BCUT2D eigenvalue weighted by Gasteiger charge is -2.32. The van der Waals surface area contributed by atoms with Crippen molar-refractivity contribution in [2.24, 2.45) is 5.10 Å². The van der Waals surface area contributed by atoms with Crippen LogP contribution in [0.25, 0.3) is 0 Å². The smallest absolute Gasteiger partial charge is 0.362 e. The Labute approximate surface area is 106 Å². The third-order valence-electron chi connectivity index (χ3n) is 2.70. The zero-order valence-corrected chi connectivity index (χ0v) is 9.85. The van der Waals surface area contributed by atoms with Crippen LogP contribution in [-0.4, -0.2) is 38.6 Å². The first-order chi connectivity index (χ1) is 8.75. The Hall–Kier alpha value is -1.96. The fourth-order valence-corrected chi connectivity index (χ4v) is 1.77. The highest BCUT2D eigenvalue weighted by molar-refractivity contribution is 5.97. The van der Waals surface area contributed by atoms with Crippen LogP contribution in [0.1, 0.15) is 23.7 Å². The number of nitrogens with zero attached hydrogens (tertiary/aromatic N) is 3. The standard InChI is InChI=1S/C11H10F3N3O2/c1-7-6-10(19,11(12,13)14)17(16-7)9(18)8-2-4-15-5-3-8/h2-5,19H,6H2,1H3/t10-/m0/s1. The lowest BCUT2D eigenvalue weighted by atomic mass is 10.1. The molecule has 8 heteroatoms. The molecule has 2 rings (SSSR count). The van der Waals surface area contributed by atoms with Gasteiger partial charge < -0.3 is 5.11 Å². The molecule has 102 valence electrons. The van der Waals surface area contributed by atoms with Crippen LogP contribution in [0.3, 0.4) is 0 Å². The molecule has 0 saturated carbocycles. The highest BCUT2D eigenvalue weighted by Gasteiger charge is 2.62. The molecule has 0 unspecified atom stereocenters. The van der Waals surface area contributed by atoms with Crippen molar-refractivity contribution in [2.45, 2.75) is 25.2 Å². The van der Waals surface area contributed by atoms with E-state index in [2.05, 4.69) is 10.1 Å². The van der Waals surface area contributed by atoms with Gasteiger partial charge in [0, 0.05) is 30.1 Å². The number of hydrogen-bond acceptors (Lipinski definition) is 4. The van der Waals surface area contributed by atoms with Crippen molar-refractivity contribution in [1.29, 1.82) is 0 Å². The van der Waals surface area contributed by atoms with Crippen molar-refractivity contribution in [1.82, 2.24) is 9.99 Å². The molecule has 1 amide bonds. The van der Waals surface area contributed by atoms with Gasteiger partial charge in [0.1, 0.15) is 0 Å². The quantitative estimate of drug-likeness (QED) is 0.844. The summed E-state index contributed by atoms with van der Waals surface area (Å²) in [6, 6.07) is 2.50. The maximum absolute atomic E-state index is 12.9. The predicted molar refractivity (Wildman–Crippen MR) is 59.1 cm³/mol. The Morgan fingerprint density at radius 2 is 2.00 bits per heavy atom. The van der Waals surface area contributed by atoms with Crippen LogP contribution in [0.2, 0.25) is 0 Å². The third kappa shape index (κ3) is 2.19. The Kier molecular flexibility index (Phi) is 3.05. The first kappa shape index (κ1) is 13.5.